The number of allylic oxidation sites excluding steroid dienone is 4. The van der Waals surface area contributed by atoms with E-state index in [2.05, 4.69) is 214 Å². The molecule has 2 atom stereocenters. The second-order valence-electron chi connectivity index (χ2n) is 20.5. The summed E-state index contributed by atoms with van der Waals surface area (Å²) in [5.74, 6) is 5.06. The van der Waals surface area contributed by atoms with Crippen LogP contribution < -0.4 is 18.9 Å². The number of fused-ring (bicyclic) bond motifs is 12. The predicted molar refractivity (Wildman–Crippen MR) is 290 cm³/mol. The first-order valence-electron chi connectivity index (χ1n) is 26.2. The zero-order valence-electron chi connectivity index (χ0n) is 41.9. The standard InChI is InChI=1S/C63H66N6O2/c1-64(2)58(42-48-24-18-38-68-56-34-32-44-22-10-12-28-52(44)60(56)70-62(48)68)66-40-36-46(50-26-14-16-30-54(50)66)20-8-6-5-7-9-21-47-37-41-67(55-31-17-15-27-51(47)55)59(65(3)4)43-49-25-19-39-69-57-35-33-45-23-11-13-29-53(45)61(57)71-63(49)69/h10-17,22-23,26-37,40-43,46-47H,5-9,18-21,24-25,38-39H2,1-4H3/q+4. The van der Waals surface area contributed by atoms with Gasteiger partial charge >= 0.3 is 11.8 Å². The van der Waals surface area contributed by atoms with E-state index >= 15 is 0 Å². The number of aromatic nitrogens is 2. The number of rotatable bonds is 10. The highest BCUT2D eigenvalue weighted by Crippen LogP contribution is 2.40. The summed E-state index contributed by atoms with van der Waals surface area (Å²) in [5.41, 5.74) is 12.2. The maximum Gasteiger partial charge on any atom is 0.377 e. The lowest BCUT2D eigenvalue weighted by Gasteiger charge is -2.26. The average Bonchev–Trinajstić information content (AvgIpc) is 4.00. The molecule has 12 rings (SSSR count). The predicted octanol–water partition coefficient (Wildman–Crippen LogP) is 13.4. The molecule has 4 aliphatic heterocycles. The van der Waals surface area contributed by atoms with Crippen molar-refractivity contribution in [1.82, 2.24) is 0 Å². The highest BCUT2D eigenvalue weighted by molar-refractivity contribution is 6.10. The summed E-state index contributed by atoms with van der Waals surface area (Å²) >= 11 is 0. The summed E-state index contributed by atoms with van der Waals surface area (Å²) in [6, 6.07) is 44.1. The summed E-state index contributed by atoms with van der Waals surface area (Å²) < 4.78 is 22.8. The zero-order valence-corrected chi connectivity index (χ0v) is 41.9. The molecule has 2 unspecified atom stereocenters. The molecule has 0 saturated heterocycles. The molecule has 71 heavy (non-hydrogen) atoms. The molecule has 8 nitrogen and oxygen atoms in total. The topological polar surface area (TPSA) is 46.5 Å². The highest BCUT2D eigenvalue weighted by atomic mass is 16.4. The van der Waals surface area contributed by atoms with E-state index in [1.165, 1.54) is 98.3 Å². The van der Waals surface area contributed by atoms with Gasteiger partial charge in [0.25, 0.3) is 22.7 Å². The number of para-hydroxylation sites is 2. The zero-order chi connectivity index (χ0) is 48.0. The molecule has 4 aliphatic rings. The third-order valence-electron chi connectivity index (χ3n) is 15.6. The van der Waals surface area contributed by atoms with Crippen molar-refractivity contribution in [2.24, 2.45) is 0 Å². The SMILES string of the molecule is C[N+](C)=C(C=C1CCC[n+]2c1oc1c3ccccc3ccc12)N1C=CC(CCCCCCCC2C=CN(C(C=C3CCC[n+]4c3oc3c5ccccc5ccc34)=[N+](C)C)c3ccccc32)c2ccccc21. The smallest absolute Gasteiger partial charge is 0.377 e. The third-order valence-corrected chi connectivity index (χ3v) is 15.6. The molecule has 0 aliphatic carbocycles. The van der Waals surface area contributed by atoms with Gasteiger partial charge in [0.05, 0.1) is 51.7 Å². The Balaban J connectivity index is 0.683. The van der Waals surface area contributed by atoms with Crippen molar-refractivity contribution in [3.05, 3.63) is 181 Å². The molecule has 6 heterocycles. The Hall–Kier alpha value is -7.32. The molecule has 0 spiro atoms. The van der Waals surface area contributed by atoms with Crippen molar-refractivity contribution in [3.8, 4) is 0 Å². The van der Waals surface area contributed by atoms with Gasteiger partial charge in [-0.3, -0.25) is 9.15 Å². The molecule has 0 amide bonds. The van der Waals surface area contributed by atoms with Gasteiger partial charge < -0.3 is 8.83 Å². The Kier molecular flexibility index (Phi) is 12.1. The van der Waals surface area contributed by atoms with Crippen LogP contribution in [0.2, 0.25) is 0 Å². The average molecular weight is 939 g/mol. The first-order valence-corrected chi connectivity index (χ1v) is 26.2. The largest absolute Gasteiger partial charge is 0.397 e. The summed E-state index contributed by atoms with van der Waals surface area (Å²) in [7, 11) is 8.63. The molecule has 8 aromatic rings. The molecule has 6 aromatic carbocycles. The fourth-order valence-electron chi connectivity index (χ4n) is 12.0. The van der Waals surface area contributed by atoms with Gasteiger partial charge in [0, 0.05) is 70.9 Å². The van der Waals surface area contributed by atoms with Crippen LogP contribution in [0.1, 0.15) is 105 Å². The van der Waals surface area contributed by atoms with E-state index in [1.807, 2.05) is 0 Å². The molecular formula is C63H66N6O2+4. The van der Waals surface area contributed by atoms with E-state index in [9.17, 15) is 0 Å². The van der Waals surface area contributed by atoms with Crippen molar-refractivity contribution < 1.29 is 27.1 Å². The monoisotopic (exact) mass is 939 g/mol. The lowest BCUT2D eigenvalue weighted by atomic mass is 9.88. The van der Waals surface area contributed by atoms with Crippen LogP contribution in [0, 0.1) is 0 Å². The third kappa shape index (κ3) is 8.31. The summed E-state index contributed by atoms with van der Waals surface area (Å²) in [6.07, 6.45) is 27.0. The van der Waals surface area contributed by atoms with Crippen LogP contribution in [0.3, 0.4) is 0 Å². The van der Waals surface area contributed by atoms with Crippen LogP contribution in [-0.4, -0.2) is 49.0 Å². The van der Waals surface area contributed by atoms with E-state index in [0.29, 0.717) is 11.8 Å². The molecule has 0 fully saturated rings. The second-order valence-corrected chi connectivity index (χ2v) is 20.5. The molecule has 2 aromatic heterocycles. The van der Waals surface area contributed by atoms with Crippen LogP contribution in [0.25, 0.3) is 54.9 Å². The van der Waals surface area contributed by atoms with Crippen LogP contribution in [-0.2, 0) is 13.1 Å². The minimum atomic E-state index is 0.406. The first kappa shape index (κ1) is 44.9. The number of amidine groups is 2. The number of nitrogens with zero attached hydrogens (tertiary/aromatic N) is 6. The van der Waals surface area contributed by atoms with Crippen LogP contribution in [0.4, 0.5) is 11.4 Å². The Bertz CT molecular complexity index is 3320. The van der Waals surface area contributed by atoms with E-state index < -0.39 is 0 Å². The molecule has 0 radical (unpaired) electrons. The number of hydrogen-bond donors (Lipinski definition) is 0. The van der Waals surface area contributed by atoms with Gasteiger partial charge in [-0.25, -0.2) is 9.80 Å². The first-order chi connectivity index (χ1) is 34.9. The Morgan fingerprint density at radius 3 is 1.41 bits per heavy atom. The molecule has 8 heteroatoms. The normalized spacial score (nSPS) is 18.4. The van der Waals surface area contributed by atoms with Crippen LogP contribution in [0.5, 0.6) is 0 Å². The van der Waals surface area contributed by atoms with E-state index in [1.54, 1.807) is 0 Å². The maximum atomic E-state index is 6.77. The summed E-state index contributed by atoms with van der Waals surface area (Å²) in [5, 5.41) is 4.77. The van der Waals surface area contributed by atoms with Crippen molar-refractivity contribution in [2.75, 3.05) is 38.0 Å². The fraction of sp³-hybridized carbons (Fsp3) is 0.302. The van der Waals surface area contributed by atoms with Gasteiger partial charge in [-0.05, 0) is 72.9 Å². The Labute approximate surface area is 417 Å². The number of oxazole rings is 2. The summed E-state index contributed by atoms with van der Waals surface area (Å²) in [6.45, 7) is 1.94. The quantitative estimate of drug-likeness (QED) is 0.0593. The number of hydrogen-bond acceptors (Lipinski definition) is 2. The van der Waals surface area contributed by atoms with Gasteiger partial charge in [0.2, 0.25) is 11.2 Å². The molecule has 356 valence electrons. The number of unbranched alkanes of at least 4 members (excludes halogenated alkanes) is 4. The van der Waals surface area contributed by atoms with Crippen LogP contribution in [0.15, 0.2) is 167 Å². The van der Waals surface area contributed by atoms with Crippen molar-refractivity contribution in [2.45, 2.75) is 95.6 Å². The number of benzene rings is 6. The van der Waals surface area contributed by atoms with E-state index in [4.69, 9.17) is 8.83 Å². The molecule has 0 bridgehead atoms. The van der Waals surface area contributed by atoms with Crippen molar-refractivity contribution >= 4 is 77.9 Å². The van der Waals surface area contributed by atoms with Gasteiger partial charge in [-0.15, -0.1) is 0 Å². The minimum absolute atomic E-state index is 0.406. The van der Waals surface area contributed by atoms with E-state index in [0.717, 1.165) is 86.2 Å². The number of anilines is 2. The lowest BCUT2D eigenvalue weighted by molar-refractivity contribution is -0.682. The van der Waals surface area contributed by atoms with Crippen LogP contribution >= 0.6 is 0 Å². The maximum absolute atomic E-state index is 6.77. The second kappa shape index (κ2) is 19.1. The van der Waals surface area contributed by atoms with Gasteiger partial charge in [-0.1, -0.05) is 117 Å². The van der Waals surface area contributed by atoms with Crippen molar-refractivity contribution in [1.29, 1.82) is 0 Å². The van der Waals surface area contributed by atoms with Crippen molar-refractivity contribution in [3.63, 3.8) is 0 Å². The van der Waals surface area contributed by atoms with E-state index in [-0.39, 0.29) is 0 Å². The molecule has 0 saturated carbocycles. The molecular weight excluding hydrogens is 873 g/mol. The van der Waals surface area contributed by atoms with Gasteiger partial charge in [-0.2, -0.15) is 9.13 Å². The van der Waals surface area contributed by atoms with Gasteiger partial charge in [0.1, 0.15) is 11.4 Å². The number of aryl methyl sites for hydroxylation is 2. The molecule has 0 N–H and O–H groups in total. The summed E-state index contributed by atoms with van der Waals surface area (Å²) in [4.78, 5) is 4.77. The minimum Gasteiger partial charge on any atom is -0.397 e. The fourth-order valence-corrected chi connectivity index (χ4v) is 12.0. The Morgan fingerprint density at radius 2 is 0.944 bits per heavy atom. The Morgan fingerprint density at radius 1 is 0.521 bits per heavy atom. The highest BCUT2D eigenvalue weighted by Gasteiger charge is 2.37. The lowest BCUT2D eigenvalue weighted by Crippen LogP contribution is -2.40. The van der Waals surface area contributed by atoms with Gasteiger partial charge in [0.15, 0.2) is 13.1 Å².